The molecule has 0 aliphatic rings. The molecule has 1 amide bonds. The number of ether oxygens (including phenoxy) is 1. The molecule has 1 N–H and O–H groups in total. The molecule has 0 fully saturated rings. The van der Waals surface area contributed by atoms with E-state index in [1.165, 1.54) is 25.2 Å². The number of anilines is 1. The lowest BCUT2D eigenvalue weighted by molar-refractivity contribution is -0.115. The van der Waals surface area contributed by atoms with Crippen LogP contribution < -0.4 is 5.32 Å². The number of nitrogens with one attached hydrogen (secondary N) is 1. The van der Waals surface area contributed by atoms with Gasteiger partial charge in [0.2, 0.25) is 5.91 Å². The van der Waals surface area contributed by atoms with Crippen molar-refractivity contribution in [3.63, 3.8) is 0 Å². The number of benzene rings is 1. The molecule has 0 aliphatic carbocycles. The van der Waals surface area contributed by atoms with Crippen molar-refractivity contribution in [3.05, 3.63) is 47.9 Å². The molecule has 0 unspecified atom stereocenters. The largest absolute Gasteiger partial charge is 0.465 e. The van der Waals surface area contributed by atoms with Gasteiger partial charge in [-0.25, -0.2) is 14.8 Å². The molecule has 0 bridgehead atoms. The summed E-state index contributed by atoms with van der Waals surface area (Å²) in [4.78, 5) is 31.9. The predicted molar refractivity (Wildman–Crippen MR) is 88.5 cm³/mol. The normalized spacial score (nSPS) is 11.6. The van der Waals surface area contributed by atoms with Gasteiger partial charge in [0.05, 0.1) is 17.9 Å². The second-order valence-electron chi connectivity index (χ2n) is 4.82. The maximum absolute atomic E-state index is 12.3. The molecule has 0 radical (unpaired) electrons. The second-order valence-corrected chi connectivity index (χ2v) is 6.18. The Morgan fingerprint density at radius 1 is 1.26 bits per heavy atom. The number of hydrogen-bond donors (Lipinski definition) is 1. The molecule has 0 saturated carbocycles. The maximum atomic E-state index is 12.3. The standard InChI is InChI=1S/C16H17N3O3S/c1-10-7-14(18-9-17-10)23-11(2)15(20)19-13-6-4-5-12(8-13)16(21)22-3/h4-9,11H,1-3H3,(H,19,20)/t11-/m0/s1. The van der Waals surface area contributed by atoms with E-state index < -0.39 is 5.97 Å². The first-order valence-electron chi connectivity index (χ1n) is 6.94. The lowest BCUT2D eigenvalue weighted by atomic mass is 10.2. The van der Waals surface area contributed by atoms with Gasteiger partial charge in [-0.1, -0.05) is 17.8 Å². The SMILES string of the molecule is COC(=O)c1cccc(NC(=O)[C@H](C)Sc2cc(C)ncn2)c1. The van der Waals surface area contributed by atoms with Crippen LogP contribution in [0.25, 0.3) is 0 Å². The van der Waals surface area contributed by atoms with E-state index in [0.29, 0.717) is 11.3 Å². The molecule has 7 heteroatoms. The van der Waals surface area contributed by atoms with E-state index in [0.717, 1.165) is 10.7 Å². The third-order valence-electron chi connectivity index (χ3n) is 3.00. The van der Waals surface area contributed by atoms with Crippen LogP contribution in [0.3, 0.4) is 0 Å². The van der Waals surface area contributed by atoms with Crippen LogP contribution in [-0.4, -0.2) is 34.2 Å². The Balaban J connectivity index is 2.02. The molecule has 0 saturated heterocycles. The van der Waals surface area contributed by atoms with E-state index in [-0.39, 0.29) is 11.2 Å². The summed E-state index contributed by atoms with van der Waals surface area (Å²) in [6, 6.07) is 8.44. The zero-order valence-corrected chi connectivity index (χ0v) is 13.9. The Kier molecular flexibility index (Phi) is 5.70. The predicted octanol–water partition coefficient (Wildman–Crippen LogP) is 2.69. The molecule has 23 heavy (non-hydrogen) atoms. The van der Waals surface area contributed by atoms with Crippen molar-refractivity contribution in [2.75, 3.05) is 12.4 Å². The van der Waals surface area contributed by atoms with Crippen LogP contribution in [0.15, 0.2) is 41.7 Å². The van der Waals surface area contributed by atoms with Crippen LogP contribution in [0.2, 0.25) is 0 Å². The molecule has 1 heterocycles. The van der Waals surface area contributed by atoms with E-state index in [2.05, 4.69) is 20.0 Å². The molecule has 120 valence electrons. The number of nitrogens with zero attached hydrogens (tertiary/aromatic N) is 2. The highest BCUT2D eigenvalue weighted by Crippen LogP contribution is 2.22. The summed E-state index contributed by atoms with van der Waals surface area (Å²) in [5.74, 6) is -0.617. The highest BCUT2D eigenvalue weighted by Gasteiger charge is 2.16. The topological polar surface area (TPSA) is 81.2 Å². The van der Waals surface area contributed by atoms with Gasteiger partial charge in [-0.2, -0.15) is 0 Å². The number of amides is 1. The first kappa shape index (κ1) is 17.0. The molecule has 0 aliphatic heterocycles. The van der Waals surface area contributed by atoms with Gasteiger partial charge < -0.3 is 10.1 Å². The van der Waals surface area contributed by atoms with E-state index >= 15 is 0 Å². The van der Waals surface area contributed by atoms with Crippen LogP contribution in [0.5, 0.6) is 0 Å². The molecule has 1 aromatic heterocycles. The summed E-state index contributed by atoms with van der Waals surface area (Å²) >= 11 is 1.35. The number of rotatable bonds is 5. The van der Waals surface area contributed by atoms with Crippen molar-refractivity contribution in [1.82, 2.24) is 9.97 Å². The van der Waals surface area contributed by atoms with E-state index in [4.69, 9.17) is 0 Å². The number of aryl methyl sites for hydroxylation is 1. The number of methoxy groups -OCH3 is 1. The Morgan fingerprint density at radius 3 is 2.74 bits per heavy atom. The van der Waals surface area contributed by atoms with Gasteiger partial charge in [-0.3, -0.25) is 4.79 Å². The number of thioether (sulfide) groups is 1. The molecule has 2 aromatic rings. The zero-order chi connectivity index (χ0) is 16.8. The number of carbonyl (C=O) groups excluding carboxylic acids is 2. The monoisotopic (exact) mass is 331 g/mol. The first-order valence-corrected chi connectivity index (χ1v) is 7.82. The van der Waals surface area contributed by atoms with Crippen molar-refractivity contribution in [1.29, 1.82) is 0 Å². The van der Waals surface area contributed by atoms with Gasteiger partial charge in [0.15, 0.2) is 0 Å². The van der Waals surface area contributed by atoms with Gasteiger partial charge in [-0.05, 0) is 38.1 Å². The fraction of sp³-hybridized carbons (Fsp3) is 0.250. The summed E-state index contributed by atoms with van der Waals surface area (Å²) in [7, 11) is 1.32. The third kappa shape index (κ3) is 4.79. The fourth-order valence-corrected chi connectivity index (χ4v) is 2.69. The van der Waals surface area contributed by atoms with E-state index in [9.17, 15) is 9.59 Å². The van der Waals surface area contributed by atoms with Crippen LogP contribution in [0.1, 0.15) is 23.0 Å². The van der Waals surface area contributed by atoms with E-state index in [1.54, 1.807) is 31.2 Å². The molecular weight excluding hydrogens is 314 g/mol. The smallest absolute Gasteiger partial charge is 0.337 e. The van der Waals surface area contributed by atoms with Gasteiger partial charge in [0.1, 0.15) is 11.4 Å². The minimum atomic E-state index is -0.444. The molecular formula is C16H17N3O3S. The highest BCUT2D eigenvalue weighted by atomic mass is 32.2. The van der Waals surface area contributed by atoms with Crippen LogP contribution in [0, 0.1) is 6.92 Å². The summed E-state index contributed by atoms with van der Waals surface area (Å²) < 4.78 is 4.66. The van der Waals surface area contributed by atoms with E-state index in [1.807, 2.05) is 13.0 Å². The average molecular weight is 331 g/mol. The lowest BCUT2D eigenvalue weighted by Gasteiger charge is -2.12. The van der Waals surface area contributed by atoms with Crippen molar-refractivity contribution in [2.45, 2.75) is 24.1 Å². The molecule has 0 spiro atoms. The van der Waals surface area contributed by atoms with Crippen molar-refractivity contribution in [2.24, 2.45) is 0 Å². The van der Waals surface area contributed by atoms with Crippen LogP contribution in [-0.2, 0) is 9.53 Å². The van der Waals surface area contributed by atoms with Gasteiger partial charge >= 0.3 is 5.97 Å². The molecule has 6 nitrogen and oxygen atoms in total. The number of carbonyl (C=O) groups is 2. The number of aromatic nitrogens is 2. The van der Waals surface area contributed by atoms with Gasteiger partial charge in [0, 0.05) is 11.4 Å². The zero-order valence-electron chi connectivity index (χ0n) is 13.1. The number of hydrogen-bond acceptors (Lipinski definition) is 6. The summed E-state index contributed by atoms with van der Waals surface area (Å²) in [6.07, 6.45) is 1.47. The highest BCUT2D eigenvalue weighted by molar-refractivity contribution is 8.00. The first-order chi connectivity index (χ1) is 11.0. The van der Waals surface area contributed by atoms with Crippen molar-refractivity contribution >= 4 is 29.3 Å². The van der Waals surface area contributed by atoms with Crippen molar-refractivity contribution < 1.29 is 14.3 Å². The van der Waals surface area contributed by atoms with Crippen molar-refractivity contribution in [3.8, 4) is 0 Å². The molecule has 1 atom stereocenters. The number of esters is 1. The van der Waals surface area contributed by atoms with Crippen LogP contribution >= 0.6 is 11.8 Å². The fourth-order valence-electron chi connectivity index (χ4n) is 1.81. The minimum Gasteiger partial charge on any atom is -0.465 e. The Labute approximate surface area is 138 Å². The van der Waals surface area contributed by atoms with Gasteiger partial charge in [-0.15, -0.1) is 0 Å². The Hall–Kier alpha value is -2.41. The summed E-state index contributed by atoms with van der Waals surface area (Å²) in [5.41, 5.74) is 1.78. The Bertz CT molecular complexity index is 721. The Morgan fingerprint density at radius 2 is 2.04 bits per heavy atom. The lowest BCUT2D eigenvalue weighted by Crippen LogP contribution is -2.22. The third-order valence-corrected chi connectivity index (χ3v) is 4.03. The minimum absolute atomic E-state index is 0.173. The summed E-state index contributed by atoms with van der Waals surface area (Å²) in [6.45, 7) is 3.66. The van der Waals surface area contributed by atoms with Gasteiger partial charge in [0.25, 0.3) is 0 Å². The average Bonchev–Trinajstić information content (AvgIpc) is 2.54. The molecule has 2 rings (SSSR count). The maximum Gasteiger partial charge on any atom is 0.337 e. The molecule has 1 aromatic carbocycles. The summed E-state index contributed by atoms with van der Waals surface area (Å²) in [5, 5.41) is 3.18. The van der Waals surface area contributed by atoms with Crippen LogP contribution in [0.4, 0.5) is 5.69 Å². The second kappa shape index (κ2) is 7.73. The quantitative estimate of drug-likeness (QED) is 0.515.